The fourth-order valence-corrected chi connectivity index (χ4v) is 1.95. The summed E-state index contributed by atoms with van der Waals surface area (Å²) in [6, 6.07) is 9.29. The minimum atomic E-state index is -0.313. The van der Waals surface area contributed by atoms with E-state index >= 15 is 0 Å². The Hall–Kier alpha value is -1.39. The Bertz CT molecular complexity index is 367. The average molecular weight is 250 g/mol. The van der Waals surface area contributed by atoms with Crippen molar-refractivity contribution < 1.29 is 9.90 Å². The molecule has 0 saturated heterocycles. The van der Waals surface area contributed by atoms with Crippen molar-refractivity contribution in [3.05, 3.63) is 35.9 Å². The van der Waals surface area contributed by atoms with Crippen LogP contribution in [-0.4, -0.2) is 35.6 Å². The molecule has 0 aliphatic carbocycles. The molecule has 1 aromatic carbocycles. The molecule has 2 atom stereocenters. The van der Waals surface area contributed by atoms with Gasteiger partial charge in [-0.05, 0) is 12.5 Å². The van der Waals surface area contributed by atoms with Gasteiger partial charge in [-0.15, -0.1) is 0 Å². The third-order valence-corrected chi connectivity index (χ3v) is 3.18. The highest BCUT2D eigenvalue weighted by Gasteiger charge is 2.25. The zero-order valence-electron chi connectivity index (χ0n) is 11.0. The molecule has 3 N–H and O–H groups in total. The van der Waals surface area contributed by atoms with Crippen molar-refractivity contribution in [2.45, 2.75) is 19.9 Å². The molecule has 100 valence electrons. The number of nitrogens with two attached hydrogens (primary N) is 1. The van der Waals surface area contributed by atoms with Crippen molar-refractivity contribution in [3.8, 4) is 0 Å². The van der Waals surface area contributed by atoms with E-state index in [-0.39, 0.29) is 24.5 Å². The van der Waals surface area contributed by atoms with Crippen LogP contribution >= 0.6 is 0 Å². The summed E-state index contributed by atoms with van der Waals surface area (Å²) in [6.45, 7) is 4.66. The topological polar surface area (TPSA) is 66.6 Å². The summed E-state index contributed by atoms with van der Waals surface area (Å²) in [6.07, 6.45) is 0. The molecule has 2 unspecified atom stereocenters. The van der Waals surface area contributed by atoms with Gasteiger partial charge in [0.25, 0.3) is 0 Å². The molecule has 18 heavy (non-hydrogen) atoms. The molecular formula is C14H22N2O2. The fourth-order valence-electron chi connectivity index (χ4n) is 1.95. The second-order valence-corrected chi connectivity index (χ2v) is 4.37. The molecule has 0 aliphatic heterocycles. The number of amides is 1. The second kappa shape index (κ2) is 7.13. The van der Waals surface area contributed by atoms with Crippen molar-refractivity contribution in [3.63, 3.8) is 0 Å². The van der Waals surface area contributed by atoms with Gasteiger partial charge in [0.15, 0.2) is 0 Å². The first-order chi connectivity index (χ1) is 8.61. The van der Waals surface area contributed by atoms with E-state index in [0.717, 1.165) is 5.56 Å². The van der Waals surface area contributed by atoms with Crippen LogP contribution in [0.5, 0.6) is 0 Å². The van der Waals surface area contributed by atoms with E-state index in [1.54, 1.807) is 4.90 Å². The van der Waals surface area contributed by atoms with Crippen molar-refractivity contribution in [1.29, 1.82) is 0 Å². The van der Waals surface area contributed by atoms with E-state index in [2.05, 4.69) is 0 Å². The van der Waals surface area contributed by atoms with Gasteiger partial charge in [0.1, 0.15) is 0 Å². The van der Waals surface area contributed by atoms with Crippen molar-refractivity contribution in [2.24, 2.45) is 11.7 Å². The van der Waals surface area contributed by atoms with Gasteiger partial charge in [-0.3, -0.25) is 4.79 Å². The van der Waals surface area contributed by atoms with Gasteiger partial charge >= 0.3 is 0 Å². The van der Waals surface area contributed by atoms with Crippen LogP contribution in [0, 0.1) is 5.92 Å². The lowest BCUT2D eigenvalue weighted by Gasteiger charge is -2.27. The van der Waals surface area contributed by atoms with E-state index in [4.69, 9.17) is 10.8 Å². The Balaban J connectivity index is 2.74. The lowest BCUT2D eigenvalue weighted by molar-refractivity contribution is -0.136. The second-order valence-electron chi connectivity index (χ2n) is 4.37. The van der Waals surface area contributed by atoms with Crippen LogP contribution in [0.25, 0.3) is 0 Å². The van der Waals surface area contributed by atoms with E-state index in [9.17, 15) is 4.79 Å². The molecule has 1 amide bonds. The van der Waals surface area contributed by atoms with E-state index in [1.165, 1.54) is 0 Å². The number of carbonyl (C=O) groups excluding carboxylic acids is 1. The molecule has 0 saturated carbocycles. The van der Waals surface area contributed by atoms with Crippen molar-refractivity contribution in [2.75, 3.05) is 19.7 Å². The van der Waals surface area contributed by atoms with Crippen LogP contribution in [-0.2, 0) is 4.79 Å². The Kier molecular flexibility index (Phi) is 5.82. The van der Waals surface area contributed by atoms with Crippen LogP contribution in [0.2, 0.25) is 0 Å². The van der Waals surface area contributed by atoms with E-state index < -0.39 is 0 Å². The fraction of sp³-hybridized carbons (Fsp3) is 0.500. The van der Waals surface area contributed by atoms with E-state index in [0.29, 0.717) is 13.1 Å². The largest absolute Gasteiger partial charge is 0.395 e. The summed E-state index contributed by atoms with van der Waals surface area (Å²) < 4.78 is 0. The number of benzene rings is 1. The molecule has 1 aromatic rings. The predicted molar refractivity (Wildman–Crippen MR) is 71.9 cm³/mol. The number of likely N-dealkylation sites (N-methyl/N-ethyl adjacent to an activating group) is 1. The highest BCUT2D eigenvalue weighted by Crippen LogP contribution is 2.20. The molecule has 0 radical (unpaired) electrons. The Labute approximate surface area is 108 Å². The zero-order valence-corrected chi connectivity index (χ0v) is 11.0. The van der Waals surface area contributed by atoms with Crippen molar-refractivity contribution in [1.82, 2.24) is 4.90 Å². The number of rotatable bonds is 6. The molecule has 0 spiro atoms. The third kappa shape index (κ3) is 3.55. The third-order valence-electron chi connectivity index (χ3n) is 3.18. The van der Waals surface area contributed by atoms with Gasteiger partial charge in [0.2, 0.25) is 5.91 Å². The Morgan fingerprint density at radius 1 is 1.39 bits per heavy atom. The highest BCUT2D eigenvalue weighted by molar-refractivity contribution is 5.79. The van der Waals surface area contributed by atoms with Crippen LogP contribution in [0.4, 0.5) is 0 Å². The van der Waals surface area contributed by atoms with Crippen molar-refractivity contribution >= 4 is 5.91 Å². The normalized spacial score (nSPS) is 14.0. The van der Waals surface area contributed by atoms with Gasteiger partial charge in [-0.25, -0.2) is 0 Å². The lowest BCUT2D eigenvalue weighted by Crippen LogP contribution is -2.40. The van der Waals surface area contributed by atoms with Gasteiger partial charge in [0.05, 0.1) is 12.5 Å². The maximum Gasteiger partial charge on any atom is 0.227 e. The molecule has 4 heteroatoms. The summed E-state index contributed by atoms with van der Waals surface area (Å²) in [4.78, 5) is 13.8. The van der Waals surface area contributed by atoms with Gasteiger partial charge in [-0.2, -0.15) is 0 Å². The zero-order chi connectivity index (χ0) is 13.5. The monoisotopic (exact) mass is 250 g/mol. The molecule has 0 bridgehead atoms. The summed E-state index contributed by atoms with van der Waals surface area (Å²) in [5.74, 6) is -0.304. The number of carbonyl (C=O) groups is 1. The molecule has 0 aliphatic rings. The smallest absolute Gasteiger partial charge is 0.227 e. The number of hydrogen-bond donors (Lipinski definition) is 2. The lowest BCUT2D eigenvalue weighted by atomic mass is 9.94. The molecular weight excluding hydrogens is 228 g/mol. The first kappa shape index (κ1) is 14.7. The van der Waals surface area contributed by atoms with Crippen LogP contribution < -0.4 is 5.73 Å². The molecule has 4 nitrogen and oxygen atoms in total. The highest BCUT2D eigenvalue weighted by atomic mass is 16.3. The summed E-state index contributed by atoms with van der Waals surface area (Å²) in [5, 5.41) is 8.93. The van der Waals surface area contributed by atoms with Gasteiger partial charge in [0, 0.05) is 19.1 Å². The molecule has 0 aromatic heterocycles. The maximum atomic E-state index is 12.2. The van der Waals surface area contributed by atoms with E-state index in [1.807, 2.05) is 44.2 Å². The quantitative estimate of drug-likeness (QED) is 0.796. The van der Waals surface area contributed by atoms with Crippen LogP contribution in [0.15, 0.2) is 30.3 Å². The number of aliphatic hydroxyl groups is 1. The Morgan fingerprint density at radius 2 is 2.00 bits per heavy atom. The summed E-state index contributed by atoms with van der Waals surface area (Å²) in [5.41, 5.74) is 7.07. The molecule has 1 rings (SSSR count). The SMILES string of the molecule is CCN(CCO)C(=O)C(C)C(N)c1ccccc1. The van der Waals surface area contributed by atoms with Gasteiger partial charge < -0.3 is 15.7 Å². The Morgan fingerprint density at radius 3 is 2.50 bits per heavy atom. The minimum Gasteiger partial charge on any atom is -0.395 e. The number of aliphatic hydroxyl groups excluding tert-OH is 1. The van der Waals surface area contributed by atoms with Gasteiger partial charge in [-0.1, -0.05) is 37.3 Å². The minimum absolute atomic E-state index is 0.0112. The number of hydrogen-bond acceptors (Lipinski definition) is 3. The van der Waals surface area contributed by atoms with Crippen LogP contribution in [0.1, 0.15) is 25.5 Å². The summed E-state index contributed by atoms with van der Waals surface area (Å²) in [7, 11) is 0. The first-order valence-corrected chi connectivity index (χ1v) is 6.32. The maximum absolute atomic E-state index is 12.2. The summed E-state index contributed by atoms with van der Waals surface area (Å²) >= 11 is 0. The predicted octanol–water partition coefficient (Wildman–Crippen LogP) is 1.16. The molecule has 0 heterocycles. The number of nitrogens with zero attached hydrogens (tertiary/aromatic N) is 1. The first-order valence-electron chi connectivity index (χ1n) is 6.32. The standard InChI is InChI=1S/C14H22N2O2/c1-3-16(9-10-17)14(18)11(2)13(15)12-7-5-4-6-8-12/h4-8,11,13,17H,3,9-10,15H2,1-2H3. The molecule has 0 fully saturated rings. The van der Waals surface area contributed by atoms with Crippen LogP contribution in [0.3, 0.4) is 0 Å². The average Bonchev–Trinajstić information content (AvgIpc) is 2.43.